The van der Waals surface area contributed by atoms with Crippen LogP contribution in [-0.2, 0) is 11.2 Å². The third-order valence-corrected chi connectivity index (χ3v) is 5.49. The van der Waals surface area contributed by atoms with E-state index in [4.69, 9.17) is 10.5 Å². The number of H-pyrrole nitrogens is 1. The van der Waals surface area contributed by atoms with Gasteiger partial charge in [0.2, 0.25) is 5.91 Å². The third-order valence-electron chi connectivity index (χ3n) is 5.49. The minimum absolute atomic E-state index is 0.0534. The second-order valence-corrected chi connectivity index (χ2v) is 7.62. The summed E-state index contributed by atoms with van der Waals surface area (Å²) in [6, 6.07) is 15.1. The molecule has 1 aromatic heterocycles. The number of anilines is 1. The predicted molar refractivity (Wildman–Crippen MR) is 112 cm³/mol. The standard InChI is InChI=1S/C23H24N4O2/c1-15(23(28)27-10-2-3-18(27)13-24)11-16-14-26-22-9-8-20(12-21(16)22)29-19-6-4-17(25)5-7-19/h4-9,12,14-15,18,26H,2-3,10-11,25H2,1H3/t15-,18-/m0/s1. The first-order valence-electron chi connectivity index (χ1n) is 9.88. The van der Waals surface area contributed by atoms with Gasteiger partial charge in [-0.15, -0.1) is 0 Å². The second kappa shape index (κ2) is 7.88. The third kappa shape index (κ3) is 3.90. The van der Waals surface area contributed by atoms with Crippen molar-refractivity contribution in [2.24, 2.45) is 5.92 Å². The predicted octanol–water partition coefficient (Wildman–Crippen LogP) is 4.24. The Bertz CT molecular complexity index is 1060. The highest BCUT2D eigenvalue weighted by molar-refractivity contribution is 5.86. The van der Waals surface area contributed by atoms with E-state index in [9.17, 15) is 10.1 Å². The number of aromatic amines is 1. The van der Waals surface area contributed by atoms with Crippen molar-refractivity contribution in [3.05, 3.63) is 54.2 Å². The van der Waals surface area contributed by atoms with Gasteiger partial charge in [-0.3, -0.25) is 4.79 Å². The zero-order valence-corrected chi connectivity index (χ0v) is 16.4. The molecule has 1 amide bonds. The molecule has 1 aliphatic rings. The monoisotopic (exact) mass is 388 g/mol. The lowest BCUT2D eigenvalue weighted by Gasteiger charge is -2.23. The smallest absolute Gasteiger partial charge is 0.226 e. The summed E-state index contributed by atoms with van der Waals surface area (Å²) in [7, 11) is 0. The van der Waals surface area contributed by atoms with Crippen molar-refractivity contribution in [3.63, 3.8) is 0 Å². The van der Waals surface area contributed by atoms with Gasteiger partial charge in [0, 0.05) is 35.2 Å². The van der Waals surface area contributed by atoms with Gasteiger partial charge in [0.25, 0.3) is 0 Å². The molecular weight excluding hydrogens is 364 g/mol. The lowest BCUT2D eigenvalue weighted by atomic mass is 9.99. The molecule has 4 rings (SSSR count). The molecule has 0 bridgehead atoms. The van der Waals surface area contributed by atoms with Crippen LogP contribution in [0.1, 0.15) is 25.3 Å². The second-order valence-electron chi connectivity index (χ2n) is 7.62. The maximum absolute atomic E-state index is 12.8. The molecule has 0 radical (unpaired) electrons. The highest BCUT2D eigenvalue weighted by atomic mass is 16.5. The zero-order chi connectivity index (χ0) is 20.4. The molecule has 0 saturated carbocycles. The van der Waals surface area contributed by atoms with Crippen LogP contribution in [0.3, 0.4) is 0 Å². The Kier molecular flexibility index (Phi) is 5.13. The van der Waals surface area contributed by atoms with Gasteiger partial charge in [-0.1, -0.05) is 6.92 Å². The van der Waals surface area contributed by atoms with E-state index in [0.717, 1.165) is 40.8 Å². The first kappa shape index (κ1) is 18.9. The van der Waals surface area contributed by atoms with Crippen molar-refractivity contribution < 1.29 is 9.53 Å². The number of fused-ring (bicyclic) bond motifs is 1. The number of nitrogen functional groups attached to an aromatic ring is 1. The number of nitriles is 1. The maximum atomic E-state index is 12.8. The van der Waals surface area contributed by atoms with Crippen LogP contribution in [0, 0.1) is 17.2 Å². The molecule has 29 heavy (non-hydrogen) atoms. The average Bonchev–Trinajstić information content (AvgIpc) is 3.36. The molecule has 2 heterocycles. The molecule has 2 atom stereocenters. The van der Waals surface area contributed by atoms with Crippen molar-refractivity contribution >= 4 is 22.5 Å². The summed E-state index contributed by atoms with van der Waals surface area (Å²) < 4.78 is 5.95. The number of aromatic nitrogens is 1. The Morgan fingerprint density at radius 1 is 1.31 bits per heavy atom. The van der Waals surface area contributed by atoms with Crippen LogP contribution >= 0.6 is 0 Å². The van der Waals surface area contributed by atoms with Crippen molar-refractivity contribution in [3.8, 4) is 17.6 Å². The molecular formula is C23H24N4O2. The topological polar surface area (TPSA) is 95.1 Å². The number of amides is 1. The van der Waals surface area contributed by atoms with E-state index in [0.29, 0.717) is 18.7 Å². The Balaban J connectivity index is 1.52. The molecule has 0 aliphatic carbocycles. The summed E-state index contributed by atoms with van der Waals surface area (Å²) in [4.78, 5) is 17.8. The maximum Gasteiger partial charge on any atom is 0.226 e. The van der Waals surface area contributed by atoms with Gasteiger partial charge in [-0.2, -0.15) is 5.26 Å². The summed E-state index contributed by atoms with van der Waals surface area (Å²) in [5.74, 6) is 1.31. The Labute approximate surface area is 169 Å². The fourth-order valence-electron chi connectivity index (χ4n) is 3.93. The lowest BCUT2D eigenvalue weighted by Crippen LogP contribution is -2.38. The number of carbonyl (C=O) groups is 1. The fourth-order valence-corrected chi connectivity index (χ4v) is 3.93. The van der Waals surface area contributed by atoms with Gasteiger partial charge in [-0.25, -0.2) is 0 Å². The minimum atomic E-state index is -0.284. The van der Waals surface area contributed by atoms with Crippen molar-refractivity contribution in [2.45, 2.75) is 32.2 Å². The number of nitrogens with one attached hydrogen (secondary N) is 1. The molecule has 148 valence electrons. The number of hydrogen-bond donors (Lipinski definition) is 2. The number of nitrogens with zero attached hydrogens (tertiary/aromatic N) is 2. The molecule has 1 saturated heterocycles. The summed E-state index contributed by atoms with van der Waals surface area (Å²) in [5.41, 5.74) is 8.48. The number of hydrogen-bond acceptors (Lipinski definition) is 4. The van der Waals surface area contributed by atoms with E-state index in [1.54, 1.807) is 17.0 Å². The van der Waals surface area contributed by atoms with Crippen LogP contribution in [0.15, 0.2) is 48.7 Å². The van der Waals surface area contributed by atoms with Crippen LogP contribution in [0.4, 0.5) is 5.69 Å². The average molecular weight is 388 g/mol. The normalized spacial score (nSPS) is 17.2. The first-order chi connectivity index (χ1) is 14.0. The fraction of sp³-hybridized carbons (Fsp3) is 0.304. The number of ether oxygens (including phenoxy) is 1. The number of carbonyl (C=O) groups excluding carboxylic acids is 1. The molecule has 1 fully saturated rings. The van der Waals surface area contributed by atoms with Gasteiger partial charge in [0.15, 0.2) is 0 Å². The summed E-state index contributed by atoms with van der Waals surface area (Å²) in [6.07, 6.45) is 4.23. The Hall–Kier alpha value is -3.46. The van der Waals surface area contributed by atoms with E-state index in [1.165, 1.54) is 0 Å². The lowest BCUT2D eigenvalue weighted by molar-refractivity contribution is -0.134. The number of benzene rings is 2. The SMILES string of the molecule is C[C@@H](Cc1c[nH]c2ccc(Oc3ccc(N)cc3)cc12)C(=O)N1CCC[C@H]1C#N. The van der Waals surface area contributed by atoms with E-state index in [2.05, 4.69) is 11.1 Å². The van der Waals surface area contributed by atoms with Crippen molar-refractivity contribution in [1.82, 2.24) is 9.88 Å². The van der Waals surface area contributed by atoms with Gasteiger partial charge in [-0.05, 0) is 67.3 Å². The first-order valence-corrected chi connectivity index (χ1v) is 9.88. The van der Waals surface area contributed by atoms with Crippen LogP contribution in [0.25, 0.3) is 10.9 Å². The number of rotatable bonds is 5. The van der Waals surface area contributed by atoms with E-state index < -0.39 is 0 Å². The Morgan fingerprint density at radius 3 is 2.83 bits per heavy atom. The van der Waals surface area contributed by atoms with Crippen LogP contribution in [0.2, 0.25) is 0 Å². The van der Waals surface area contributed by atoms with Gasteiger partial charge < -0.3 is 20.4 Å². The largest absolute Gasteiger partial charge is 0.457 e. The summed E-state index contributed by atoms with van der Waals surface area (Å²) in [5, 5.41) is 10.3. The highest BCUT2D eigenvalue weighted by Gasteiger charge is 2.31. The van der Waals surface area contributed by atoms with Crippen molar-refractivity contribution in [2.75, 3.05) is 12.3 Å². The van der Waals surface area contributed by atoms with Gasteiger partial charge in [0.1, 0.15) is 17.5 Å². The summed E-state index contributed by atoms with van der Waals surface area (Å²) in [6.45, 7) is 2.61. The zero-order valence-electron chi connectivity index (χ0n) is 16.4. The number of nitrogens with two attached hydrogens (primary N) is 1. The molecule has 3 aromatic rings. The van der Waals surface area contributed by atoms with Crippen LogP contribution < -0.4 is 10.5 Å². The molecule has 2 aromatic carbocycles. The van der Waals surface area contributed by atoms with E-state index >= 15 is 0 Å². The van der Waals surface area contributed by atoms with Crippen LogP contribution in [-0.4, -0.2) is 28.4 Å². The molecule has 6 heteroatoms. The molecule has 3 N–H and O–H groups in total. The van der Waals surface area contributed by atoms with E-state index in [-0.39, 0.29) is 17.9 Å². The quantitative estimate of drug-likeness (QED) is 0.639. The molecule has 6 nitrogen and oxygen atoms in total. The van der Waals surface area contributed by atoms with Gasteiger partial charge >= 0.3 is 0 Å². The van der Waals surface area contributed by atoms with Gasteiger partial charge in [0.05, 0.1) is 6.07 Å². The molecule has 0 spiro atoms. The van der Waals surface area contributed by atoms with Crippen LogP contribution in [0.5, 0.6) is 11.5 Å². The molecule has 1 aliphatic heterocycles. The number of likely N-dealkylation sites (tertiary alicyclic amines) is 1. The van der Waals surface area contributed by atoms with E-state index in [1.807, 2.05) is 43.5 Å². The summed E-state index contributed by atoms with van der Waals surface area (Å²) >= 11 is 0. The molecule has 0 unspecified atom stereocenters. The van der Waals surface area contributed by atoms with Crippen molar-refractivity contribution in [1.29, 1.82) is 5.26 Å². The Morgan fingerprint density at radius 2 is 2.07 bits per heavy atom. The minimum Gasteiger partial charge on any atom is -0.457 e. The highest BCUT2D eigenvalue weighted by Crippen LogP contribution is 2.29.